The summed E-state index contributed by atoms with van der Waals surface area (Å²) in [5.74, 6) is 0.293. The third-order valence-electron chi connectivity index (χ3n) is 4.28. The van der Waals surface area contributed by atoms with Gasteiger partial charge in [-0.1, -0.05) is 42.5 Å². The molecular formula is C18H21NO2. The van der Waals surface area contributed by atoms with Crippen LogP contribution >= 0.6 is 0 Å². The first-order valence-electron chi connectivity index (χ1n) is 7.47. The summed E-state index contributed by atoms with van der Waals surface area (Å²) in [6, 6.07) is 15.4. The topological polar surface area (TPSA) is 52.5 Å². The lowest BCUT2D eigenvalue weighted by atomic mass is 9.79. The molecule has 3 N–H and O–H groups in total. The van der Waals surface area contributed by atoms with Gasteiger partial charge in [0.15, 0.2) is 0 Å². The smallest absolute Gasteiger partial charge is 0.120 e. The number of benzene rings is 2. The van der Waals surface area contributed by atoms with Crippen molar-refractivity contribution >= 4 is 0 Å². The van der Waals surface area contributed by atoms with Gasteiger partial charge in [0.25, 0.3) is 0 Å². The van der Waals surface area contributed by atoms with E-state index in [0.717, 1.165) is 30.4 Å². The van der Waals surface area contributed by atoms with Gasteiger partial charge >= 0.3 is 0 Å². The Hall–Kier alpha value is -1.84. The van der Waals surface area contributed by atoms with Crippen molar-refractivity contribution in [3.63, 3.8) is 0 Å². The maximum absolute atomic E-state index is 10.9. The molecule has 3 rings (SSSR count). The third kappa shape index (κ3) is 2.94. The summed E-state index contributed by atoms with van der Waals surface area (Å²) in [4.78, 5) is 0. The molecule has 2 aromatic carbocycles. The van der Waals surface area contributed by atoms with Crippen LogP contribution in [-0.4, -0.2) is 16.8 Å². The average Bonchev–Trinajstić information content (AvgIpc) is 2.50. The van der Waals surface area contributed by atoms with E-state index in [4.69, 9.17) is 0 Å². The van der Waals surface area contributed by atoms with Crippen LogP contribution in [0.1, 0.15) is 29.5 Å². The zero-order valence-electron chi connectivity index (χ0n) is 12.0. The van der Waals surface area contributed by atoms with Crippen LogP contribution in [0.2, 0.25) is 0 Å². The fourth-order valence-corrected chi connectivity index (χ4v) is 3.15. The lowest BCUT2D eigenvalue weighted by Gasteiger charge is -2.34. The van der Waals surface area contributed by atoms with Crippen LogP contribution in [0.5, 0.6) is 5.75 Å². The molecule has 0 amide bonds. The Morgan fingerprint density at radius 1 is 1.05 bits per heavy atom. The van der Waals surface area contributed by atoms with Gasteiger partial charge in [0, 0.05) is 18.7 Å². The number of phenols is 1. The van der Waals surface area contributed by atoms with E-state index in [1.807, 2.05) is 36.4 Å². The molecule has 110 valence electrons. The Labute approximate surface area is 125 Å². The highest BCUT2D eigenvalue weighted by Crippen LogP contribution is 2.34. The van der Waals surface area contributed by atoms with Gasteiger partial charge in [-0.05, 0) is 36.5 Å². The summed E-state index contributed by atoms with van der Waals surface area (Å²) in [7, 11) is 0. The summed E-state index contributed by atoms with van der Waals surface area (Å²) in [5, 5.41) is 24.0. The standard InChI is InChI=1S/C18H21NO2/c20-17-10-4-2-7-15(17)12-19-13-18(21)11-5-8-14-6-1-3-9-16(14)18/h1-4,6-7,9-10,19-21H,5,8,11-13H2. The molecule has 0 radical (unpaired) electrons. The molecular weight excluding hydrogens is 262 g/mol. The first kappa shape index (κ1) is 14.1. The Morgan fingerprint density at radius 2 is 1.81 bits per heavy atom. The number of hydrogen-bond acceptors (Lipinski definition) is 3. The highest BCUT2D eigenvalue weighted by molar-refractivity contribution is 5.35. The minimum atomic E-state index is -0.806. The number of aliphatic hydroxyl groups is 1. The minimum absolute atomic E-state index is 0.293. The predicted molar refractivity (Wildman–Crippen MR) is 83.1 cm³/mol. The number of aryl methyl sites for hydroxylation is 1. The number of hydrogen-bond donors (Lipinski definition) is 3. The van der Waals surface area contributed by atoms with Crippen molar-refractivity contribution in [2.75, 3.05) is 6.54 Å². The monoisotopic (exact) mass is 283 g/mol. The molecule has 0 bridgehead atoms. The molecule has 1 atom stereocenters. The summed E-state index contributed by atoms with van der Waals surface area (Å²) in [6.07, 6.45) is 2.82. The van der Waals surface area contributed by atoms with Gasteiger partial charge in [-0.15, -0.1) is 0 Å². The van der Waals surface area contributed by atoms with E-state index in [1.54, 1.807) is 6.07 Å². The summed E-state index contributed by atoms with van der Waals surface area (Å²) in [6.45, 7) is 1.05. The van der Waals surface area contributed by atoms with Crippen molar-refractivity contribution in [2.24, 2.45) is 0 Å². The molecule has 3 nitrogen and oxygen atoms in total. The quantitative estimate of drug-likeness (QED) is 0.808. The highest BCUT2D eigenvalue weighted by Gasteiger charge is 2.33. The van der Waals surface area contributed by atoms with Crippen molar-refractivity contribution in [2.45, 2.75) is 31.4 Å². The van der Waals surface area contributed by atoms with E-state index in [9.17, 15) is 10.2 Å². The third-order valence-corrected chi connectivity index (χ3v) is 4.28. The van der Waals surface area contributed by atoms with Gasteiger partial charge in [0.05, 0.1) is 0 Å². The van der Waals surface area contributed by atoms with Gasteiger partial charge in [0.2, 0.25) is 0 Å². The molecule has 3 heteroatoms. The van der Waals surface area contributed by atoms with Gasteiger partial charge < -0.3 is 15.5 Å². The number of fused-ring (bicyclic) bond motifs is 1. The normalized spacial score (nSPS) is 21.0. The second-order valence-electron chi connectivity index (χ2n) is 5.77. The number of para-hydroxylation sites is 1. The van der Waals surface area contributed by atoms with E-state index in [2.05, 4.69) is 11.4 Å². The molecule has 0 saturated carbocycles. The summed E-state index contributed by atoms with van der Waals surface area (Å²) < 4.78 is 0. The van der Waals surface area contributed by atoms with E-state index < -0.39 is 5.60 Å². The van der Waals surface area contributed by atoms with Crippen LogP contribution in [0.3, 0.4) is 0 Å². The molecule has 0 aliphatic heterocycles. The summed E-state index contributed by atoms with van der Waals surface area (Å²) in [5.41, 5.74) is 2.33. The van der Waals surface area contributed by atoms with Gasteiger partial charge in [0.1, 0.15) is 11.4 Å². The Morgan fingerprint density at radius 3 is 2.67 bits per heavy atom. The maximum Gasteiger partial charge on any atom is 0.120 e. The Bertz CT molecular complexity index is 626. The zero-order valence-corrected chi connectivity index (χ0v) is 12.0. The largest absolute Gasteiger partial charge is 0.508 e. The summed E-state index contributed by atoms with van der Waals surface area (Å²) >= 11 is 0. The second kappa shape index (κ2) is 5.88. The molecule has 0 fully saturated rings. The van der Waals surface area contributed by atoms with Crippen LogP contribution in [0.4, 0.5) is 0 Å². The van der Waals surface area contributed by atoms with Gasteiger partial charge in [-0.2, -0.15) is 0 Å². The van der Waals surface area contributed by atoms with Crippen LogP contribution in [-0.2, 0) is 18.6 Å². The lowest BCUT2D eigenvalue weighted by molar-refractivity contribution is 0.0189. The van der Waals surface area contributed by atoms with E-state index in [0.29, 0.717) is 18.8 Å². The van der Waals surface area contributed by atoms with Gasteiger partial charge in [-0.25, -0.2) is 0 Å². The number of phenolic OH excluding ortho intramolecular Hbond substituents is 1. The van der Waals surface area contributed by atoms with Gasteiger partial charge in [-0.3, -0.25) is 0 Å². The minimum Gasteiger partial charge on any atom is -0.508 e. The molecule has 0 heterocycles. The zero-order chi connectivity index (χ0) is 14.7. The molecule has 0 saturated heterocycles. The number of nitrogens with one attached hydrogen (secondary N) is 1. The molecule has 0 spiro atoms. The second-order valence-corrected chi connectivity index (χ2v) is 5.77. The van der Waals surface area contributed by atoms with E-state index >= 15 is 0 Å². The fourth-order valence-electron chi connectivity index (χ4n) is 3.15. The number of rotatable bonds is 4. The van der Waals surface area contributed by atoms with Crippen LogP contribution in [0, 0.1) is 0 Å². The van der Waals surface area contributed by atoms with E-state index in [-0.39, 0.29) is 0 Å². The van der Waals surface area contributed by atoms with Crippen LogP contribution in [0.15, 0.2) is 48.5 Å². The SMILES string of the molecule is Oc1ccccc1CNCC1(O)CCCc2ccccc21. The highest BCUT2D eigenvalue weighted by atomic mass is 16.3. The average molecular weight is 283 g/mol. The molecule has 1 aliphatic carbocycles. The van der Waals surface area contributed by atoms with Crippen molar-refractivity contribution in [1.82, 2.24) is 5.32 Å². The fraction of sp³-hybridized carbons (Fsp3) is 0.333. The number of aromatic hydroxyl groups is 1. The molecule has 1 aliphatic rings. The van der Waals surface area contributed by atoms with Crippen molar-refractivity contribution in [3.05, 3.63) is 65.2 Å². The molecule has 1 unspecified atom stereocenters. The van der Waals surface area contributed by atoms with Crippen LogP contribution < -0.4 is 5.32 Å². The first-order chi connectivity index (χ1) is 10.2. The predicted octanol–water partition coefficient (Wildman–Crippen LogP) is 2.71. The molecule has 0 aromatic heterocycles. The van der Waals surface area contributed by atoms with Crippen molar-refractivity contribution in [3.8, 4) is 5.75 Å². The van der Waals surface area contributed by atoms with Crippen LogP contribution in [0.25, 0.3) is 0 Å². The Balaban J connectivity index is 1.69. The van der Waals surface area contributed by atoms with E-state index in [1.165, 1.54) is 5.56 Å². The first-order valence-corrected chi connectivity index (χ1v) is 7.47. The molecule has 2 aromatic rings. The Kier molecular flexibility index (Phi) is 3.95. The lowest BCUT2D eigenvalue weighted by Crippen LogP contribution is -2.40. The maximum atomic E-state index is 10.9. The molecule has 21 heavy (non-hydrogen) atoms. The van der Waals surface area contributed by atoms with Crippen molar-refractivity contribution < 1.29 is 10.2 Å². The van der Waals surface area contributed by atoms with Crippen molar-refractivity contribution in [1.29, 1.82) is 0 Å².